The maximum absolute atomic E-state index is 10.6. The summed E-state index contributed by atoms with van der Waals surface area (Å²) < 4.78 is 5.01. The molecule has 0 rings (SSSR count). The molecule has 0 aliphatic rings. The summed E-state index contributed by atoms with van der Waals surface area (Å²) in [7, 11) is 0. The summed E-state index contributed by atoms with van der Waals surface area (Å²) in [5.74, 6) is 0.830. The van der Waals surface area contributed by atoms with E-state index in [-0.39, 0.29) is 11.9 Å². The van der Waals surface area contributed by atoms with Crippen LogP contribution in [0.5, 0.6) is 0 Å². The predicted octanol–water partition coefficient (Wildman–Crippen LogP) is 2.50. The van der Waals surface area contributed by atoms with Crippen LogP contribution in [0, 0.1) is 5.92 Å². The Balaban J connectivity index is 4.38. The third kappa shape index (κ3) is 3.81. The van der Waals surface area contributed by atoms with Crippen LogP contribution in [-0.2, 0) is 9.53 Å². The molecule has 0 saturated carbocycles. The molecule has 0 aromatic rings. The molecule has 0 unspecified atom stereocenters. The average Bonchev–Trinajstić information content (AvgIpc) is 1.81. The molecule has 64 valence electrons. The van der Waals surface area contributed by atoms with E-state index in [1.165, 1.54) is 6.92 Å². The van der Waals surface area contributed by atoms with Gasteiger partial charge in [0.05, 0.1) is 0 Å². The van der Waals surface area contributed by atoms with E-state index in [1.54, 1.807) is 0 Å². The second-order valence-electron chi connectivity index (χ2n) is 3.11. The van der Waals surface area contributed by atoms with E-state index in [4.69, 9.17) is 4.74 Å². The highest BCUT2D eigenvalue weighted by atomic mass is 16.5. The van der Waals surface area contributed by atoms with Crippen molar-refractivity contribution in [1.29, 1.82) is 0 Å². The molecule has 0 atom stereocenters. The van der Waals surface area contributed by atoms with Gasteiger partial charge in [0.2, 0.25) is 0 Å². The molecule has 0 saturated heterocycles. The number of hydrogen-bond donors (Lipinski definition) is 0. The highest BCUT2D eigenvalue weighted by Gasteiger charge is 2.08. The Hall–Kier alpha value is -0.790. The highest BCUT2D eigenvalue weighted by Crippen LogP contribution is 2.15. The third-order valence-electron chi connectivity index (χ3n) is 1.27. The van der Waals surface area contributed by atoms with Crippen LogP contribution in [0.15, 0.2) is 11.3 Å². The molecule has 11 heavy (non-hydrogen) atoms. The lowest BCUT2D eigenvalue weighted by Crippen LogP contribution is -2.06. The number of hydrogen-bond acceptors (Lipinski definition) is 2. The summed E-state index contributed by atoms with van der Waals surface area (Å²) in [6.07, 6.45) is 0. The molecule has 2 nitrogen and oxygen atoms in total. The minimum absolute atomic E-state index is 0.241. The Labute approximate surface area is 68.2 Å². The molecule has 0 aromatic heterocycles. The van der Waals surface area contributed by atoms with Crippen LogP contribution < -0.4 is 0 Å². The number of carbonyl (C=O) groups excluding carboxylic acids is 1. The SMILES string of the molecule is CC(=O)OC(=C(C)C)C(C)C. The zero-order valence-electron chi connectivity index (χ0n) is 7.89. The lowest BCUT2D eigenvalue weighted by Gasteiger charge is -2.12. The first kappa shape index (κ1) is 10.2. The molecular formula is C9H16O2. The quantitative estimate of drug-likeness (QED) is 0.453. The number of carbonyl (C=O) groups is 1. The van der Waals surface area contributed by atoms with E-state index in [1.807, 2.05) is 27.7 Å². The summed E-state index contributed by atoms with van der Waals surface area (Å²) in [5.41, 5.74) is 1.06. The van der Waals surface area contributed by atoms with E-state index in [0.29, 0.717) is 0 Å². The van der Waals surface area contributed by atoms with Gasteiger partial charge in [-0.1, -0.05) is 13.8 Å². The van der Waals surface area contributed by atoms with Gasteiger partial charge in [-0.15, -0.1) is 0 Å². The van der Waals surface area contributed by atoms with E-state index in [0.717, 1.165) is 11.3 Å². The first-order valence-corrected chi connectivity index (χ1v) is 3.81. The molecule has 0 fully saturated rings. The molecule has 0 heterocycles. The molecular weight excluding hydrogens is 140 g/mol. The Bertz CT molecular complexity index is 174. The second-order valence-corrected chi connectivity index (χ2v) is 3.11. The maximum Gasteiger partial charge on any atom is 0.307 e. The van der Waals surface area contributed by atoms with Gasteiger partial charge in [-0.05, 0) is 19.4 Å². The zero-order chi connectivity index (χ0) is 9.02. The van der Waals surface area contributed by atoms with Crippen molar-refractivity contribution in [1.82, 2.24) is 0 Å². The van der Waals surface area contributed by atoms with Crippen LogP contribution in [0.4, 0.5) is 0 Å². The van der Waals surface area contributed by atoms with Crippen molar-refractivity contribution in [3.05, 3.63) is 11.3 Å². The van der Waals surface area contributed by atoms with Gasteiger partial charge in [0.1, 0.15) is 5.76 Å². The predicted molar refractivity (Wildman–Crippen MR) is 45.0 cm³/mol. The van der Waals surface area contributed by atoms with Gasteiger partial charge < -0.3 is 4.74 Å². The van der Waals surface area contributed by atoms with Gasteiger partial charge in [0.15, 0.2) is 0 Å². The molecule has 0 aliphatic heterocycles. The highest BCUT2D eigenvalue weighted by molar-refractivity contribution is 5.67. The van der Waals surface area contributed by atoms with Crippen LogP contribution in [0.25, 0.3) is 0 Å². The van der Waals surface area contributed by atoms with Gasteiger partial charge >= 0.3 is 5.97 Å². The number of ether oxygens (including phenoxy) is 1. The van der Waals surface area contributed by atoms with Crippen LogP contribution in [-0.4, -0.2) is 5.97 Å². The van der Waals surface area contributed by atoms with Gasteiger partial charge in [-0.25, -0.2) is 0 Å². The van der Waals surface area contributed by atoms with E-state index >= 15 is 0 Å². The fourth-order valence-electron chi connectivity index (χ4n) is 0.952. The first-order valence-electron chi connectivity index (χ1n) is 3.81. The van der Waals surface area contributed by atoms with Crippen LogP contribution in [0.1, 0.15) is 34.6 Å². The fourth-order valence-corrected chi connectivity index (χ4v) is 0.952. The lowest BCUT2D eigenvalue weighted by molar-refractivity contribution is -0.137. The molecule has 0 amide bonds. The maximum atomic E-state index is 10.6. The Morgan fingerprint density at radius 2 is 1.64 bits per heavy atom. The molecule has 0 N–H and O–H groups in total. The van der Waals surface area contributed by atoms with Crippen LogP contribution in [0.3, 0.4) is 0 Å². The summed E-state index contributed by atoms with van der Waals surface area (Å²) >= 11 is 0. The van der Waals surface area contributed by atoms with Crippen molar-refractivity contribution in [3.63, 3.8) is 0 Å². The summed E-state index contributed by atoms with van der Waals surface area (Å²) in [5, 5.41) is 0. The third-order valence-corrected chi connectivity index (χ3v) is 1.27. The summed E-state index contributed by atoms with van der Waals surface area (Å²) in [4.78, 5) is 10.6. The Morgan fingerprint density at radius 1 is 1.18 bits per heavy atom. The van der Waals surface area contributed by atoms with E-state index in [2.05, 4.69) is 0 Å². The Morgan fingerprint density at radius 3 is 1.73 bits per heavy atom. The van der Waals surface area contributed by atoms with E-state index < -0.39 is 0 Å². The van der Waals surface area contributed by atoms with Gasteiger partial charge in [0.25, 0.3) is 0 Å². The van der Waals surface area contributed by atoms with Gasteiger partial charge in [0, 0.05) is 12.8 Å². The van der Waals surface area contributed by atoms with Gasteiger partial charge in [-0.3, -0.25) is 4.79 Å². The van der Waals surface area contributed by atoms with Crippen molar-refractivity contribution in [2.45, 2.75) is 34.6 Å². The van der Waals surface area contributed by atoms with Crippen molar-refractivity contribution in [2.24, 2.45) is 5.92 Å². The molecule has 0 bridgehead atoms. The molecule has 0 aliphatic carbocycles. The number of esters is 1. The van der Waals surface area contributed by atoms with Crippen molar-refractivity contribution >= 4 is 5.97 Å². The molecule has 0 radical (unpaired) electrons. The van der Waals surface area contributed by atoms with Crippen molar-refractivity contribution in [3.8, 4) is 0 Å². The first-order chi connectivity index (χ1) is 4.95. The molecule has 0 aromatic carbocycles. The fraction of sp³-hybridized carbons (Fsp3) is 0.667. The van der Waals surface area contributed by atoms with Crippen molar-refractivity contribution < 1.29 is 9.53 Å². The molecule has 2 heteroatoms. The van der Waals surface area contributed by atoms with E-state index in [9.17, 15) is 4.79 Å². The standard InChI is InChI=1S/C9H16O2/c1-6(2)9(7(3)4)11-8(5)10/h6H,1-5H3. The topological polar surface area (TPSA) is 26.3 Å². The molecule has 0 spiro atoms. The smallest absolute Gasteiger partial charge is 0.307 e. The lowest BCUT2D eigenvalue weighted by atomic mass is 10.1. The normalized spacial score (nSPS) is 9.64. The summed E-state index contributed by atoms with van der Waals surface area (Å²) in [6, 6.07) is 0. The minimum atomic E-state index is -0.241. The monoisotopic (exact) mass is 156 g/mol. The minimum Gasteiger partial charge on any atom is -0.431 e. The number of allylic oxidation sites excluding steroid dienone is 2. The van der Waals surface area contributed by atoms with Crippen molar-refractivity contribution in [2.75, 3.05) is 0 Å². The second kappa shape index (κ2) is 4.16. The largest absolute Gasteiger partial charge is 0.431 e. The zero-order valence-corrected chi connectivity index (χ0v) is 7.89. The summed E-state index contributed by atoms with van der Waals surface area (Å²) in [6.45, 7) is 9.32. The van der Waals surface area contributed by atoms with Crippen LogP contribution in [0.2, 0.25) is 0 Å². The Kier molecular flexibility index (Phi) is 3.86. The van der Waals surface area contributed by atoms with Crippen LogP contribution >= 0.6 is 0 Å². The number of rotatable bonds is 2. The van der Waals surface area contributed by atoms with Gasteiger partial charge in [-0.2, -0.15) is 0 Å². The average molecular weight is 156 g/mol.